The van der Waals surface area contributed by atoms with E-state index in [2.05, 4.69) is 30.4 Å². The molecule has 0 saturated heterocycles. The molecule has 0 bridgehead atoms. The van der Waals surface area contributed by atoms with Gasteiger partial charge in [-0.05, 0) is 23.1 Å². The fourth-order valence-corrected chi connectivity index (χ4v) is 2.55. The number of rotatable bonds is 3. The summed E-state index contributed by atoms with van der Waals surface area (Å²) in [6, 6.07) is 15.9. The van der Waals surface area contributed by atoms with Crippen LogP contribution in [0.2, 0.25) is 0 Å². The first-order valence-electron chi connectivity index (χ1n) is 6.64. The van der Waals surface area contributed by atoms with Gasteiger partial charge in [-0.1, -0.05) is 67.6 Å². The summed E-state index contributed by atoms with van der Waals surface area (Å²) in [5.41, 5.74) is 4.50. The Bertz CT molecular complexity index is 638. The van der Waals surface area contributed by atoms with E-state index in [9.17, 15) is 4.79 Å². The molecule has 2 aromatic carbocycles. The van der Waals surface area contributed by atoms with Gasteiger partial charge in [0.2, 0.25) is 0 Å². The second kappa shape index (κ2) is 4.85. The molecule has 0 N–H and O–H groups in total. The third kappa shape index (κ3) is 2.24. The highest BCUT2D eigenvalue weighted by Gasteiger charge is 2.18. The van der Waals surface area contributed by atoms with Crippen LogP contribution >= 0.6 is 0 Å². The summed E-state index contributed by atoms with van der Waals surface area (Å²) in [5, 5.41) is 0. The normalized spacial score (nSPS) is 14.2. The number of ketones is 1. The molecule has 0 radical (unpaired) electrons. The van der Waals surface area contributed by atoms with Crippen LogP contribution in [0.15, 0.2) is 54.6 Å². The maximum absolute atomic E-state index is 12.4. The zero-order valence-electron chi connectivity index (χ0n) is 11.0. The second-order valence-corrected chi connectivity index (χ2v) is 5.02. The van der Waals surface area contributed by atoms with Gasteiger partial charge in [-0.15, -0.1) is 0 Å². The molecule has 0 heterocycles. The number of benzene rings is 2. The van der Waals surface area contributed by atoms with Gasteiger partial charge in [-0.2, -0.15) is 0 Å². The molecular weight excluding hydrogens is 232 g/mol. The first kappa shape index (κ1) is 11.9. The van der Waals surface area contributed by atoms with Crippen LogP contribution in [0.25, 0.3) is 6.08 Å². The van der Waals surface area contributed by atoms with Crippen molar-refractivity contribution in [3.05, 3.63) is 76.9 Å². The largest absolute Gasteiger partial charge is 0.294 e. The van der Waals surface area contributed by atoms with Crippen LogP contribution in [0.1, 0.15) is 39.9 Å². The fourth-order valence-electron chi connectivity index (χ4n) is 2.55. The van der Waals surface area contributed by atoms with Gasteiger partial charge >= 0.3 is 0 Å². The molecule has 0 fully saturated rings. The van der Waals surface area contributed by atoms with E-state index in [-0.39, 0.29) is 11.7 Å². The molecule has 0 spiro atoms. The van der Waals surface area contributed by atoms with E-state index in [0.29, 0.717) is 0 Å². The SMILES string of the molecule is CC(C(=O)c1ccccc1)c1ccc2c(c1)CC=C2. The monoisotopic (exact) mass is 248 g/mol. The molecule has 1 aliphatic carbocycles. The molecule has 19 heavy (non-hydrogen) atoms. The Morgan fingerprint density at radius 3 is 2.68 bits per heavy atom. The minimum absolute atomic E-state index is 0.0895. The first-order valence-corrected chi connectivity index (χ1v) is 6.64. The van der Waals surface area contributed by atoms with Gasteiger partial charge in [0.15, 0.2) is 5.78 Å². The van der Waals surface area contributed by atoms with E-state index in [1.807, 2.05) is 37.3 Å². The Morgan fingerprint density at radius 2 is 1.89 bits per heavy atom. The van der Waals surface area contributed by atoms with Gasteiger partial charge in [0, 0.05) is 11.5 Å². The van der Waals surface area contributed by atoms with Gasteiger partial charge in [-0.3, -0.25) is 4.79 Å². The highest BCUT2D eigenvalue weighted by Crippen LogP contribution is 2.26. The van der Waals surface area contributed by atoms with Crippen LogP contribution in [0.5, 0.6) is 0 Å². The van der Waals surface area contributed by atoms with Crippen LogP contribution in [0, 0.1) is 0 Å². The van der Waals surface area contributed by atoms with Crippen LogP contribution in [-0.4, -0.2) is 5.78 Å². The summed E-state index contributed by atoms with van der Waals surface area (Å²) in [7, 11) is 0. The summed E-state index contributed by atoms with van der Waals surface area (Å²) in [5.74, 6) is 0.0970. The number of fused-ring (bicyclic) bond motifs is 1. The lowest BCUT2D eigenvalue weighted by molar-refractivity contribution is 0.0966. The number of allylic oxidation sites excluding steroid dienone is 1. The Labute approximate surface area is 113 Å². The van der Waals surface area contributed by atoms with Crippen molar-refractivity contribution in [3.63, 3.8) is 0 Å². The summed E-state index contributed by atoms with van der Waals surface area (Å²) < 4.78 is 0. The summed E-state index contributed by atoms with van der Waals surface area (Å²) in [6.07, 6.45) is 5.29. The van der Waals surface area contributed by atoms with Gasteiger partial charge < -0.3 is 0 Å². The Kier molecular flexibility index (Phi) is 3.04. The second-order valence-electron chi connectivity index (χ2n) is 5.02. The lowest BCUT2D eigenvalue weighted by atomic mass is 9.90. The molecule has 0 aromatic heterocycles. The van der Waals surface area contributed by atoms with Gasteiger partial charge in [0.05, 0.1) is 0 Å². The number of carbonyl (C=O) groups is 1. The Hall–Kier alpha value is -2.15. The molecular formula is C18H16O. The average Bonchev–Trinajstić information content (AvgIpc) is 2.94. The first-order chi connectivity index (χ1) is 9.25. The molecule has 94 valence electrons. The zero-order chi connectivity index (χ0) is 13.2. The van der Waals surface area contributed by atoms with E-state index in [4.69, 9.17) is 0 Å². The molecule has 0 amide bonds. The number of carbonyl (C=O) groups excluding carboxylic acids is 1. The van der Waals surface area contributed by atoms with E-state index < -0.39 is 0 Å². The Balaban J connectivity index is 1.88. The van der Waals surface area contributed by atoms with Crippen LogP contribution in [0.4, 0.5) is 0 Å². The molecule has 1 unspecified atom stereocenters. The summed E-state index contributed by atoms with van der Waals surface area (Å²) >= 11 is 0. The van der Waals surface area contributed by atoms with Gasteiger partial charge in [-0.25, -0.2) is 0 Å². The van der Waals surface area contributed by atoms with E-state index in [1.54, 1.807) is 0 Å². The number of hydrogen-bond acceptors (Lipinski definition) is 1. The molecule has 3 rings (SSSR count). The average molecular weight is 248 g/mol. The number of Topliss-reactive ketones (excluding diaryl/α,β-unsaturated/α-hetero) is 1. The van der Waals surface area contributed by atoms with Crippen molar-refractivity contribution in [2.75, 3.05) is 0 Å². The smallest absolute Gasteiger partial charge is 0.170 e. The van der Waals surface area contributed by atoms with Crippen molar-refractivity contribution in [2.24, 2.45) is 0 Å². The van der Waals surface area contributed by atoms with E-state index in [1.165, 1.54) is 11.1 Å². The number of hydrogen-bond donors (Lipinski definition) is 0. The maximum atomic E-state index is 12.4. The molecule has 1 aliphatic rings. The quantitative estimate of drug-likeness (QED) is 0.742. The molecule has 1 atom stereocenters. The van der Waals surface area contributed by atoms with Crippen molar-refractivity contribution >= 4 is 11.9 Å². The molecule has 0 saturated carbocycles. The molecule has 1 heteroatoms. The van der Waals surface area contributed by atoms with Crippen molar-refractivity contribution in [2.45, 2.75) is 19.3 Å². The predicted octanol–water partition coefficient (Wildman–Crippen LogP) is 4.24. The van der Waals surface area contributed by atoms with Crippen LogP contribution in [-0.2, 0) is 6.42 Å². The van der Waals surface area contributed by atoms with Crippen LogP contribution in [0.3, 0.4) is 0 Å². The molecule has 1 nitrogen and oxygen atoms in total. The third-order valence-corrected chi connectivity index (χ3v) is 3.75. The fraction of sp³-hybridized carbons (Fsp3) is 0.167. The minimum Gasteiger partial charge on any atom is -0.294 e. The standard InChI is InChI=1S/C18H16O/c1-13(18(19)15-6-3-2-4-7-15)16-11-10-14-8-5-9-17(14)12-16/h2-8,10-13H,9H2,1H3. The van der Waals surface area contributed by atoms with Gasteiger partial charge in [0.25, 0.3) is 0 Å². The highest BCUT2D eigenvalue weighted by molar-refractivity contribution is 6.00. The topological polar surface area (TPSA) is 17.1 Å². The van der Waals surface area contributed by atoms with E-state index >= 15 is 0 Å². The van der Waals surface area contributed by atoms with Crippen molar-refractivity contribution < 1.29 is 4.79 Å². The third-order valence-electron chi connectivity index (χ3n) is 3.75. The van der Waals surface area contributed by atoms with Crippen molar-refractivity contribution in [1.29, 1.82) is 0 Å². The minimum atomic E-state index is -0.0895. The van der Waals surface area contributed by atoms with Crippen LogP contribution < -0.4 is 0 Å². The summed E-state index contributed by atoms with van der Waals surface area (Å²) in [6.45, 7) is 1.99. The van der Waals surface area contributed by atoms with Gasteiger partial charge in [0.1, 0.15) is 0 Å². The molecule has 0 aliphatic heterocycles. The maximum Gasteiger partial charge on any atom is 0.170 e. The van der Waals surface area contributed by atoms with Crippen molar-refractivity contribution in [3.8, 4) is 0 Å². The Morgan fingerprint density at radius 1 is 1.11 bits per heavy atom. The highest BCUT2D eigenvalue weighted by atomic mass is 16.1. The van der Waals surface area contributed by atoms with Crippen molar-refractivity contribution in [1.82, 2.24) is 0 Å². The molecule has 2 aromatic rings. The van der Waals surface area contributed by atoms with E-state index in [0.717, 1.165) is 17.5 Å². The zero-order valence-corrected chi connectivity index (χ0v) is 11.0. The summed E-state index contributed by atoms with van der Waals surface area (Å²) in [4.78, 5) is 12.4. The lowest BCUT2D eigenvalue weighted by Gasteiger charge is -2.12. The lowest BCUT2D eigenvalue weighted by Crippen LogP contribution is -2.09. The predicted molar refractivity (Wildman–Crippen MR) is 78.4 cm³/mol.